The summed E-state index contributed by atoms with van der Waals surface area (Å²) < 4.78 is 3.87. The van der Waals surface area contributed by atoms with Crippen molar-refractivity contribution in [1.82, 2.24) is 9.59 Å². The molecule has 5 nitrogen and oxygen atoms in total. The fraction of sp³-hybridized carbons (Fsp3) is 0.125. The Morgan fingerprint density at radius 1 is 1.60 bits per heavy atom. The maximum Gasteiger partial charge on any atom is 0.345 e. The van der Waals surface area contributed by atoms with Gasteiger partial charge in [0.25, 0.3) is 0 Å². The molecule has 0 fully saturated rings. The van der Waals surface area contributed by atoms with Gasteiger partial charge in [0.1, 0.15) is 10.6 Å². The van der Waals surface area contributed by atoms with Crippen LogP contribution >= 0.6 is 22.9 Å². The summed E-state index contributed by atoms with van der Waals surface area (Å²) in [5.41, 5.74) is 1.67. The summed E-state index contributed by atoms with van der Waals surface area (Å²) in [5.74, 6) is -0.902. The van der Waals surface area contributed by atoms with E-state index in [4.69, 9.17) is 5.11 Å². The Kier molecular flexibility index (Phi) is 1.77. The monoisotopic (exact) mass is 239 g/mol. The van der Waals surface area contributed by atoms with E-state index in [1.807, 2.05) is 0 Å². The minimum Gasteiger partial charge on any atom is -0.477 e. The van der Waals surface area contributed by atoms with Gasteiger partial charge in [-0.2, -0.15) is 0 Å². The molecule has 2 aromatic rings. The molecule has 2 aromatic heterocycles. The van der Waals surface area contributed by atoms with Crippen molar-refractivity contribution in [1.29, 1.82) is 0 Å². The molecule has 1 aliphatic heterocycles. The minimum absolute atomic E-state index is 0.327. The maximum absolute atomic E-state index is 10.8. The molecule has 2 N–H and O–H groups in total. The van der Waals surface area contributed by atoms with Gasteiger partial charge < -0.3 is 10.4 Å². The number of rotatable bonds is 1. The predicted octanol–water partition coefficient (Wildman–Crippen LogP) is 1.89. The lowest BCUT2D eigenvalue weighted by Crippen LogP contribution is -2.03. The number of fused-ring (bicyclic) bond motifs is 3. The number of hydrogen-bond acceptors (Lipinski definition) is 6. The van der Waals surface area contributed by atoms with Gasteiger partial charge in [-0.25, -0.2) is 4.79 Å². The second kappa shape index (κ2) is 3.01. The number of aromatic nitrogens is 2. The minimum atomic E-state index is -0.902. The van der Waals surface area contributed by atoms with E-state index < -0.39 is 5.97 Å². The fourth-order valence-electron chi connectivity index (χ4n) is 1.48. The number of hydrogen-bond donors (Lipinski definition) is 2. The third-order valence-electron chi connectivity index (χ3n) is 2.15. The summed E-state index contributed by atoms with van der Waals surface area (Å²) in [6.07, 6.45) is 0. The molecule has 0 unspecified atom stereocenters. The molecular weight excluding hydrogens is 234 g/mol. The number of carboxylic acids is 1. The highest BCUT2D eigenvalue weighted by molar-refractivity contribution is 7.18. The van der Waals surface area contributed by atoms with Gasteiger partial charge in [-0.15, -0.1) is 16.4 Å². The van der Waals surface area contributed by atoms with Crippen LogP contribution in [0.3, 0.4) is 0 Å². The summed E-state index contributed by atoms with van der Waals surface area (Å²) in [6.45, 7) is 0.676. The van der Waals surface area contributed by atoms with Crippen LogP contribution < -0.4 is 5.32 Å². The predicted molar refractivity (Wildman–Crippen MR) is 57.5 cm³/mol. The van der Waals surface area contributed by atoms with Crippen LogP contribution in [0.25, 0.3) is 10.6 Å². The van der Waals surface area contributed by atoms with Gasteiger partial charge in [0.15, 0.2) is 0 Å². The quantitative estimate of drug-likeness (QED) is 0.794. The zero-order valence-corrected chi connectivity index (χ0v) is 8.98. The first-order valence-corrected chi connectivity index (χ1v) is 5.77. The highest BCUT2D eigenvalue weighted by atomic mass is 32.1. The van der Waals surface area contributed by atoms with Crippen molar-refractivity contribution in [2.45, 2.75) is 6.54 Å². The highest BCUT2D eigenvalue weighted by Gasteiger charge is 2.23. The van der Waals surface area contributed by atoms with Crippen LogP contribution in [0.5, 0.6) is 0 Å². The normalized spacial score (nSPS) is 12.8. The number of nitrogens with zero attached hydrogens (tertiary/aromatic N) is 2. The van der Waals surface area contributed by atoms with E-state index >= 15 is 0 Å². The Morgan fingerprint density at radius 2 is 2.47 bits per heavy atom. The van der Waals surface area contributed by atoms with E-state index in [0.717, 1.165) is 21.1 Å². The first-order valence-electron chi connectivity index (χ1n) is 4.18. The summed E-state index contributed by atoms with van der Waals surface area (Å²) in [7, 11) is 0. The Labute approximate surface area is 92.5 Å². The summed E-state index contributed by atoms with van der Waals surface area (Å²) in [5, 5.41) is 16.1. The Balaban J connectivity index is 2.20. The van der Waals surface area contributed by atoms with E-state index in [0.29, 0.717) is 11.4 Å². The van der Waals surface area contributed by atoms with Crippen molar-refractivity contribution < 1.29 is 9.90 Å². The Bertz CT molecular complexity index is 546. The first-order chi connectivity index (χ1) is 7.25. The SMILES string of the molecule is O=C(O)c1cc2c(s1)-c1nnsc1CN2. The van der Waals surface area contributed by atoms with Gasteiger partial charge in [0.05, 0.1) is 22.0 Å². The Hall–Kier alpha value is -1.47. The van der Waals surface area contributed by atoms with Crippen LogP contribution in [0.1, 0.15) is 14.5 Å². The molecule has 0 saturated heterocycles. The van der Waals surface area contributed by atoms with Gasteiger partial charge in [-0.05, 0) is 17.6 Å². The van der Waals surface area contributed by atoms with E-state index in [-0.39, 0.29) is 0 Å². The van der Waals surface area contributed by atoms with E-state index in [9.17, 15) is 4.79 Å². The lowest BCUT2D eigenvalue weighted by atomic mass is 10.2. The average Bonchev–Trinajstić information content (AvgIpc) is 2.82. The molecule has 0 amide bonds. The second-order valence-electron chi connectivity index (χ2n) is 3.06. The van der Waals surface area contributed by atoms with Crippen molar-refractivity contribution in [3.8, 4) is 10.6 Å². The lowest BCUT2D eigenvalue weighted by molar-refractivity contribution is 0.0702. The van der Waals surface area contributed by atoms with Crippen molar-refractivity contribution in [2.75, 3.05) is 5.32 Å². The summed E-state index contributed by atoms with van der Waals surface area (Å²) in [4.78, 5) is 13.1. The highest BCUT2D eigenvalue weighted by Crippen LogP contribution is 2.41. The average molecular weight is 239 g/mol. The molecule has 0 radical (unpaired) electrons. The van der Waals surface area contributed by atoms with E-state index in [1.165, 1.54) is 22.9 Å². The van der Waals surface area contributed by atoms with Crippen molar-refractivity contribution >= 4 is 34.5 Å². The van der Waals surface area contributed by atoms with Crippen LogP contribution in [0.2, 0.25) is 0 Å². The zero-order chi connectivity index (χ0) is 10.4. The maximum atomic E-state index is 10.8. The van der Waals surface area contributed by atoms with Crippen LogP contribution in [0, 0.1) is 0 Å². The lowest BCUT2D eigenvalue weighted by Gasteiger charge is -2.10. The third-order valence-corrected chi connectivity index (χ3v) is 4.00. The van der Waals surface area contributed by atoms with Crippen molar-refractivity contribution in [3.05, 3.63) is 15.8 Å². The molecule has 0 atom stereocenters. The smallest absolute Gasteiger partial charge is 0.345 e. The largest absolute Gasteiger partial charge is 0.477 e. The third kappa shape index (κ3) is 1.24. The molecular formula is C8H5N3O2S2. The van der Waals surface area contributed by atoms with Crippen LogP contribution in [-0.4, -0.2) is 20.7 Å². The van der Waals surface area contributed by atoms with Crippen LogP contribution in [0.4, 0.5) is 5.69 Å². The van der Waals surface area contributed by atoms with Crippen LogP contribution in [0.15, 0.2) is 6.07 Å². The number of nitrogens with one attached hydrogen (secondary N) is 1. The molecule has 0 bridgehead atoms. The van der Waals surface area contributed by atoms with Gasteiger partial charge in [0.2, 0.25) is 0 Å². The molecule has 0 spiro atoms. The number of aromatic carboxylic acids is 1. The number of carbonyl (C=O) groups is 1. The molecule has 3 heterocycles. The summed E-state index contributed by atoms with van der Waals surface area (Å²) >= 11 is 2.58. The number of thiophene rings is 1. The number of carboxylic acid groups (broad SMARTS) is 1. The molecule has 7 heteroatoms. The summed E-state index contributed by atoms with van der Waals surface area (Å²) in [6, 6.07) is 1.64. The molecule has 76 valence electrons. The van der Waals surface area contributed by atoms with Crippen LogP contribution in [-0.2, 0) is 6.54 Å². The van der Waals surface area contributed by atoms with Gasteiger partial charge in [0, 0.05) is 0 Å². The molecule has 3 rings (SSSR count). The topological polar surface area (TPSA) is 75.1 Å². The van der Waals surface area contributed by atoms with Crippen molar-refractivity contribution in [3.63, 3.8) is 0 Å². The van der Waals surface area contributed by atoms with Gasteiger partial charge in [-0.3, -0.25) is 0 Å². The molecule has 0 aliphatic carbocycles. The van der Waals surface area contributed by atoms with E-state index in [1.54, 1.807) is 6.07 Å². The molecule has 0 saturated carbocycles. The first kappa shape index (κ1) is 8.81. The van der Waals surface area contributed by atoms with Gasteiger partial charge >= 0.3 is 5.97 Å². The number of anilines is 1. The molecule has 0 aromatic carbocycles. The van der Waals surface area contributed by atoms with E-state index in [2.05, 4.69) is 14.9 Å². The fourth-order valence-corrected chi connectivity index (χ4v) is 3.11. The Morgan fingerprint density at radius 3 is 3.27 bits per heavy atom. The van der Waals surface area contributed by atoms with Crippen molar-refractivity contribution in [2.24, 2.45) is 0 Å². The van der Waals surface area contributed by atoms with Gasteiger partial charge in [-0.1, -0.05) is 4.49 Å². The standard InChI is InChI=1S/C8H5N3O2S2/c12-8(13)4-1-3-7(14-4)6-5(2-9-3)15-11-10-6/h1,9H,2H2,(H,12,13). The zero-order valence-electron chi connectivity index (χ0n) is 7.35. The molecule has 1 aliphatic rings. The molecule has 15 heavy (non-hydrogen) atoms. The second-order valence-corrected chi connectivity index (χ2v) is 4.95.